The summed E-state index contributed by atoms with van der Waals surface area (Å²) in [7, 11) is 0. The third-order valence-corrected chi connectivity index (χ3v) is 6.46. The second kappa shape index (κ2) is 6.40. The highest BCUT2D eigenvalue weighted by atomic mass is 35.5. The van der Waals surface area contributed by atoms with E-state index in [1.807, 2.05) is 9.80 Å². The lowest BCUT2D eigenvalue weighted by atomic mass is 9.87. The van der Waals surface area contributed by atoms with E-state index in [0.717, 1.165) is 39.0 Å². The molecule has 5 atom stereocenters. The average Bonchev–Trinajstić information content (AvgIpc) is 3.07. The molecule has 4 nitrogen and oxygen atoms in total. The Morgan fingerprint density at radius 1 is 0.955 bits per heavy atom. The highest BCUT2D eigenvalue weighted by molar-refractivity contribution is 6.30. The second-order valence-corrected chi connectivity index (χ2v) is 7.87. The molecule has 122 valence electrons. The molecule has 1 saturated carbocycles. The van der Waals surface area contributed by atoms with E-state index in [1.54, 1.807) is 0 Å². The van der Waals surface area contributed by atoms with Crippen LogP contribution in [0, 0.1) is 17.8 Å². The zero-order valence-electron chi connectivity index (χ0n) is 12.6. The van der Waals surface area contributed by atoms with Gasteiger partial charge in [-0.25, -0.2) is 0 Å². The van der Waals surface area contributed by atoms with E-state index >= 15 is 0 Å². The summed E-state index contributed by atoms with van der Waals surface area (Å²) in [5, 5.41) is -0.116. The molecule has 3 fully saturated rings. The largest absolute Gasteiger partial charge is 0.342 e. The normalized spacial score (nSPS) is 38.0. The van der Waals surface area contributed by atoms with Crippen molar-refractivity contribution in [2.45, 2.75) is 30.0 Å². The van der Waals surface area contributed by atoms with Gasteiger partial charge in [0, 0.05) is 49.3 Å². The third-order valence-electron chi connectivity index (χ3n) is 5.33. The number of carbonyl (C=O) groups excluding carboxylic acids is 2. The van der Waals surface area contributed by atoms with Gasteiger partial charge < -0.3 is 9.80 Å². The Labute approximate surface area is 141 Å². The summed E-state index contributed by atoms with van der Waals surface area (Å²) in [6.45, 7) is 6.55. The number of amides is 2. The minimum Gasteiger partial charge on any atom is -0.342 e. The second-order valence-electron chi connectivity index (χ2n) is 6.75. The van der Waals surface area contributed by atoms with Gasteiger partial charge in [-0.3, -0.25) is 9.59 Å². The molecule has 5 unspecified atom stereocenters. The molecule has 0 bridgehead atoms. The third kappa shape index (κ3) is 3.00. The Morgan fingerprint density at radius 3 is 2.09 bits per heavy atom. The number of halogens is 2. The number of nitrogens with zero attached hydrogens (tertiary/aromatic N) is 2. The Bertz CT molecular complexity index is 471. The van der Waals surface area contributed by atoms with Crippen molar-refractivity contribution >= 4 is 35.0 Å². The van der Waals surface area contributed by atoms with Crippen LogP contribution < -0.4 is 0 Å². The van der Waals surface area contributed by atoms with Crippen molar-refractivity contribution in [2.75, 3.05) is 26.2 Å². The predicted octanol–water partition coefficient (Wildman–Crippen LogP) is 2.10. The van der Waals surface area contributed by atoms with Gasteiger partial charge in [0.1, 0.15) is 0 Å². The standard InChI is InChI=1S/C16H22Cl2N2O2/c1-2-15(21)19-6-11-8-20(9-12(11)7-19)16(22)10-3-4-13(17)14(18)5-10/h2,10-14H,1,3-9H2. The minimum atomic E-state index is -0.104. The van der Waals surface area contributed by atoms with Gasteiger partial charge in [0.15, 0.2) is 0 Å². The molecule has 0 aromatic heterocycles. The summed E-state index contributed by atoms with van der Waals surface area (Å²) >= 11 is 12.4. The molecule has 2 saturated heterocycles. The van der Waals surface area contributed by atoms with Gasteiger partial charge in [0.25, 0.3) is 0 Å². The van der Waals surface area contributed by atoms with Crippen LogP contribution in [-0.2, 0) is 9.59 Å². The van der Waals surface area contributed by atoms with Crippen LogP contribution in [0.2, 0.25) is 0 Å². The van der Waals surface area contributed by atoms with Gasteiger partial charge in [-0.05, 0) is 25.3 Å². The number of hydrogen-bond donors (Lipinski definition) is 0. The van der Waals surface area contributed by atoms with Crippen molar-refractivity contribution in [2.24, 2.45) is 17.8 Å². The zero-order chi connectivity index (χ0) is 15.9. The minimum absolute atomic E-state index is 0.00214. The number of likely N-dealkylation sites (tertiary alicyclic amines) is 2. The van der Waals surface area contributed by atoms with Crippen molar-refractivity contribution in [3.8, 4) is 0 Å². The molecule has 2 amide bonds. The lowest BCUT2D eigenvalue weighted by molar-refractivity contribution is -0.135. The Hall–Kier alpha value is -0.740. The summed E-state index contributed by atoms with van der Waals surface area (Å²) in [6, 6.07) is 0. The van der Waals surface area contributed by atoms with E-state index in [2.05, 4.69) is 6.58 Å². The summed E-state index contributed by atoms with van der Waals surface area (Å²) in [5.74, 6) is 1.05. The van der Waals surface area contributed by atoms with Gasteiger partial charge in [-0.15, -0.1) is 23.2 Å². The first-order valence-electron chi connectivity index (χ1n) is 7.98. The van der Waals surface area contributed by atoms with Crippen LogP contribution in [0.15, 0.2) is 12.7 Å². The molecular weight excluding hydrogens is 323 g/mol. The SMILES string of the molecule is C=CC(=O)N1CC2CN(C(=O)C3CCC(Cl)C(Cl)C3)CC2C1. The molecule has 3 rings (SSSR count). The molecule has 22 heavy (non-hydrogen) atoms. The first-order chi connectivity index (χ1) is 10.5. The number of alkyl halides is 2. The fourth-order valence-corrected chi connectivity index (χ4v) is 4.61. The van der Waals surface area contributed by atoms with Crippen molar-refractivity contribution in [3.05, 3.63) is 12.7 Å². The van der Waals surface area contributed by atoms with E-state index < -0.39 is 0 Å². The fraction of sp³-hybridized carbons (Fsp3) is 0.750. The van der Waals surface area contributed by atoms with Crippen LogP contribution in [0.4, 0.5) is 0 Å². The lowest BCUT2D eigenvalue weighted by Crippen LogP contribution is -2.41. The maximum absolute atomic E-state index is 12.7. The maximum atomic E-state index is 12.7. The highest BCUT2D eigenvalue weighted by Crippen LogP contribution is 2.36. The van der Waals surface area contributed by atoms with Gasteiger partial charge in [-0.1, -0.05) is 6.58 Å². The molecule has 0 N–H and O–H groups in total. The number of fused-ring (bicyclic) bond motifs is 1. The van der Waals surface area contributed by atoms with Gasteiger partial charge >= 0.3 is 0 Å². The van der Waals surface area contributed by atoms with Gasteiger partial charge in [0.2, 0.25) is 11.8 Å². The molecule has 6 heteroatoms. The smallest absolute Gasteiger partial charge is 0.245 e. The van der Waals surface area contributed by atoms with E-state index in [9.17, 15) is 9.59 Å². The topological polar surface area (TPSA) is 40.6 Å². The lowest BCUT2D eigenvalue weighted by Gasteiger charge is -2.31. The molecule has 0 spiro atoms. The summed E-state index contributed by atoms with van der Waals surface area (Å²) in [6.07, 6.45) is 3.70. The van der Waals surface area contributed by atoms with Crippen LogP contribution in [0.5, 0.6) is 0 Å². The Balaban J connectivity index is 1.55. The Morgan fingerprint density at radius 2 is 1.55 bits per heavy atom. The quantitative estimate of drug-likeness (QED) is 0.568. The number of carbonyl (C=O) groups is 2. The summed E-state index contributed by atoms with van der Waals surface area (Å²) < 4.78 is 0. The van der Waals surface area contributed by atoms with Crippen LogP contribution in [-0.4, -0.2) is 58.5 Å². The first-order valence-corrected chi connectivity index (χ1v) is 8.85. The predicted molar refractivity (Wildman–Crippen MR) is 87.0 cm³/mol. The molecule has 2 heterocycles. The van der Waals surface area contributed by atoms with E-state index in [-0.39, 0.29) is 28.5 Å². The van der Waals surface area contributed by atoms with Crippen molar-refractivity contribution in [1.29, 1.82) is 0 Å². The van der Waals surface area contributed by atoms with Crippen molar-refractivity contribution < 1.29 is 9.59 Å². The van der Waals surface area contributed by atoms with Crippen molar-refractivity contribution in [1.82, 2.24) is 9.80 Å². The number of hydrogen-bond acceptors (Lipinski definition) is 2. The molecular formula is C16H22Cl2N2O2. The van der Waals surface area contributed by atoms with Crippen LogP contribution in [0.1, 0.15) is 19.3 Å². The van der Waals surface area contributed by atoms with E-state index in [4.69, 9.17) is 23.2 Å². The van der Waals surface area contributed by atoms with E-state index in [0.29, 0.717) is 18.3 Å². The van der Waals surface area contributed by atoms with E-state index in [1.165, 1.54) is 6.08 Å². The average molecular weight is 345 g/mol. The van der Waals surface area contributed by atoms with Crippen LogP contribution >= 0.6 is 23.2 Å². The summed E-state index contributed by atoms with van der Waals surface area (Å²) in [5.41, 5.74) is 0. The molecule has 1 aliphatic carbocycles. The molecule has 3 aliphatic rings. The van der Waals surface area contributed by atoms with Crippen molar-refractivity contribution in [3.63, 3.8) is 0 Å². The first kappa shape index (κ1) is 16.1. The molecule has 0 radical (unpaired) electrons. The zero-order valence-corrected chi connectivity index (χ0v) is 14.1. The number of rotatable bonds is 2. The van der Waals surface area contributed by atoms with Gasteiger partial charge in [-0.2, -0.15) is 0 Å². The Kier molecular flexibility index (Phi) is 4.69. The maximum Gasteiger partial charge on any atom is 0.245 e. The van der Waals surface area contributed by atoms with Crippen LogP contribution in [0.3, 0.4) is 0 Å². The van der Waals surface area contributed by atoms with Crippen LogP contribution in [0.25, 0.3) is 0 Å². The molecule has 0 aromatic carbocycles. The fourth-order valence-electron chi connectivity index (χ4n) is 4.04. The monoisotopic (exact) mass is 344 g/mol. The molecule has 0 aromatic rings. The molecule has 2 aliphatic heterocycles. The summed E-state index contributed by atoms with van der Waals surface area (Å²) in [4.78, 5) is 28.2. The highest BCUT2D eigenvalue weighted by Gasteiger charge is 2.44. The van der Waals surface area contributed by atoms with Gasteiger partial charge in [0.05, 0.1) is 5.38 Å².